The molecule has 2 atom stereocenters. The Morgan fingerprint density at radius 1 is 0.579 bits per heavy atom. The molecule has 4 aliphatic carbocycles. The number of fused-ring (bicyclic) bond motifs is 2. The average Bonchev–Trinajstić information content (AvgIpc) is 3.87. The van der Waals surface area contributed by atoms with Crippen LogP contribution < -0.4 is 0 Å². The van der Waals surface area contributed by atoms with Crippen LogP contribution in [0.5, 0.6) is 0 Å². The molecule has 4 aromatic rings. The summed E-state index contributed by atoms with van der Waals surface area (Å²) in [5.41, 5.74) is 16.6. The molecule has 0 aliphatic heterocycles. The smallest absolute Gasteiger partial charge is 0.337 e. The number of carboxylic acid groups (broad SMARTS) is 2. The van der Waals surface area contributed by atoms with Crippen LogP contribution in [0.3, 0.4) is 0 Å². The zero-order valence-corrected chi connectivity index (χ0v) is 35.6. The maximum Gasteiger partial charge on any atom is 0.337 e. The zero-order chi connectivity index (χ0) is 41.1. The van der Waals surface area contributed by atoms with E-state index in [-0.39, 0.29) is 33.1 Å². The van der Waals surface area contributed by atoms with E-state index in [0.29, 0.717) is 11.5 Å². The highest BCUT2D eigenvalue weighted by Gasteiger charge is 2.39. The maximum absolute atomic E-state index is 11.1. The van der Waals surface area contributed by atoms with Crippen molar-refractivity contribution in [3.05, 3.63) is 146 Å². The highest BCUT2D eigenvalue weighted by atomic mass is 16.4. The minimum absolute atomic E-state index is 0.208. The Morgan fingerprint density at radius 2 is 1.09 bits per heavy atom. The van der Waals surface area contributed by atoms with Gasteiger partial charge in [0.1, 0.15) is 0 Å². The van der Waals surface area contributed by atoms with Crippen LogP contribution in [0.2, 0.25) is 0 Å². The molecule has 0 bridgehead atoms. The number of hydrogen-bond acceptors (Lipinski definition) is 3. The van der Waals surface area contributed by atoms with Gasteiger partial charge in [0, 0.05) is 23.7 Å². The Kier molecular flexibility index (Phi) is 10.5. The average molecular weight is 764 g/mol. The van der Waals surface area contributed by atoms with E-state index in [1.807, 2.05) is 18.2 Å². The lowest BCUT2D eigenvalue weighted by Crippen LogP contribution is -2.34. The third-order valence-electron chi connectivity index (χ3n) is 14.0. The minimum atomic E-state index is -0.929. The lowest BCUT2D eigenvalue weighted by atomic mass is 9.62. The predicted molar refractivity (Wildman–Crippen MR) is 233 cm³/mol. The first-order chi connectivity index (χ1) is 26.8. The van der Waals surface area contributed by atoms with Gasteiger partial charge in [-0.25, -0.2) is 9.59 Å². The van der Waals surface area contributed by atoms with E-state index in [1.165, 1.54) is 87.5 Å². The van der Waals surface area contributed by atoms with Crippen LogP contribution in [0.15, 0.2) is 85.1 Å². The number of hydrogen-bond donors (Lipinski definition) is 2. The largest absolute Gasteiger partial charge is 0.478 e. The van der Waals surface area contributed by atoms with Crippen molar-refractivity contribution in [2.45, 2.75) is 147 Å². The highest BCUT2D eigenvalue weighted by Crippen LogP contribution is 2.49. The number of aryl methyl sites for hydroxylation is 1. The van der Waals surface area contributed by atoms with E-state index in [0.717, 1.165) is 31.4 Å². The molecule has 1 heterocycles. The molecule has 2 N–H and O–H groups in total. The van der Waals surface area contributed by atoms with Gasteiger partial charge in [0.15, 0.2) is 0 Å². The number of benzene rings is 3. The Bertz CT molecular complexity index is 2270. The molecule has 0 radical (unpaired) electrons. The predicted octanol–water partition coefficient (Wildman–Crippen LogP) is 13.1. The summed E-state index contributed by atoms with van der Waals surface area (Å²) >= 11 is 0. The SMILES string of the molecule is CC1(C)CCC(C)(C)c2cc(C3=CC(c4ccc(C(=O)O)cc4)CC3)ccc21.Cc1cc2c(cc1C1=CC(c3ccc(C(=O)O)cn3)CC1)C(C)(C)CCC2(C)C. The fourth-order valence-electron chi connectivity index (χ4n) is 9.88. The monoisotopic (exact) mass is 763 g/mol. The van der Waals surface area contributed by atoms with E-state index in [9.17, 15) is 9.59 Å². The lowest BCUT2D eigenvalue weighted by Gasteiger charge is -2.42. The Morgan fingerprint density at radius 3 is 1.67 bits per heavy atom. The first-order valence-corrected chi connectivity index (χ1v) is 21.0. The van der Waals surface area contributed by atoms with Gasteiger partial charge >= 0.3 is 11.9 Å². The molecule has 0 saturated heterocycles. The van der Waals surface area contributed by atoms with Crippen LogP contribution in [0, 0.1) is 6.92 Å². The Balaban J connectivity index is 0.000000174. The van der Waals surface area contributed by atoms with Crippen LogP contribution in [-0.4, -0.2) is 27.1 Å². The number of nitrogens with zero attached hydrogens (tertiary/aromatic N) is 1. The van der Waals surface area contributed by atoms with Crippen molar-refractivity contribution in [3.63, 3.8) is 0 Å². The van der Waals surface area contributed by atoms with Crippen LogP contribution in [0.25, 0.3) is 11.1 Å². The van der Waals surface area contributed by atoms with Crippen molar-refractivity contribution in [1.29, 1.82) is 0 Å². The molecule has 0 saturated carbocycles. The van der Waals surface area contributed by atoms with Crippen molar-refractivity contribution in [3.8, 4) is 0 Å². The molecule has 0 spiro atoms. The number of aromatic nitrogens is 1. The summed E-state index contributed by atoms with van der Waals surface area (Å²) in [6.45, 7) is 21.2. The van der Waals surface area contributed by atoms with E-state index in [1.54, 1.807) is 18.2 Å². The normalized spacial score (nSPS) is 22.3. The molecule has 4 aliphatic rings. The molecule has 0 amide bonds. The highest BCUT2D eigenvalue weighted by molar-refractivity contribution is 5.88. The number of aromatic carboxylic acids is 2. The minimum Gasteiger partial charge on any atom is -0.478 e. The van der Waals surface area contributed by atoms with E-state index in [4.69, 9.17) is 10.2 Å². The number of pyridine rings is 1. The number of allylic oxidation sites excluding steroid dienone is 4. The maximum atomic E-state index is 11.1. The summed E-state index contributed by atoms with van der Waals surface area (Å²) in [5.74, 6) is -1.17. The first kappa shape index (κ1) is 40.4. The standard InChI is InChI=1S/C26H31NO2.C26H30O2/c1-16-12-21-22(26(4,5)11-10-25(21,2)3)14-20(16)17-6-7-18(13-17)23-9-8-19(15-27-23)24(28)29;1-25(2)13-14-26(3,4)23-16-21(11-12-22(23)25)20-10-9-19(15-20)17-5-7-18(8-6-17)24(27)28/h8-9,12-15,18H,6-7,10-11H2,1-5H3,(H,28,29);5-8,11-12,15-16,19H,9-10,13-14H2,1-4H3,(H,27,28). The summed E-state index contributed by atoms with van der Waals surface area (Å²) in [6, 6.07) is 22.9. The second kappa shape index (κ2) is 14.9. The molecular weight excluding hydrogens is 703 g/mol. The van der Waals surface area contributed by atoms with Crippen molar-refractivity contribution in [1.82, 2.24) is 4.98 Å². The van der Waals surface area contributed by atoms with Crippen LogP contribution in [-0.2, 0) is 21.7 Å². The Labute approximate surface area is 340 Å². The van der Waals surface area contributed by atoms with E-state index < -0.39 is 11.9 Å². The van der Waals surface area contributed by atoms with Gasteiger partial charge in [0.2, 0.25) is 0 Å². The summed E-state index contributed by atoms with van der Waals surface area (Å²) in [7, 11) is 0. The number of carboxylic acids is 2. The van der Waals surface area contributed by atoms with Crippen LogP contribution in [0.4, 0.5) is 0 Å². The third kappa shape index (κ3) is 8.05. The first-order valence-electron chi connectivity index (χ1n) is 21.0. The van der Waals surface area contributed by atoms with E-state index >= 15 is 0 Å². The second-order valence-corrected chi connectivity index (χ2v) is 19.9. The topological polar surface area (TPSA) is 87.5 Å². The third-order valence-corrected chi connectivity index (χ3v) is 14.0. The number of carbonyl (C=O) groups is 2. The van der Waals surface area contributed by atoms with Crippen molar-refractivity contribution < 1.29 is 19.8 Å². The molecule has 0 fully saturated rings. The zero-order valence-electron chi connectivity index (χ0n) is 35.6. The molecule has 2 unspecified atom stereocenters. The summed E-state index contributed by atoms with van der Waals surface area (Å²) < 4.78 is 0. The van der Waals surface area contributed by atoms with Gasteiger partial charge in [0.25, 0.3) is 0 Å². The van der Waals surface area contributed by atoms with E-state index in [2.05, 4.69) is 110 Å². The second-order valence-electron chi connectivity index (χ2n) is 19.9. The summed E-state index contributed by atoms with van der Waals surface area (Å²) in [5, 5.41) is 18.2. The molecule has 298 valence electrons. The molecule has 1 aromatic heterocycles. The molecule has 5 heteroatoms. The molecular formula is C52H61NO4. The van der Waals surface area contributed by atoms with Gasteiger partial charge in [-0.1, -0.05) is 110 Å². The van der Waals surface area contributed by atoms with Gasteiger partial charge in [-0.2, -0.15) is 0 Å². The van der Waals surface area contributed by atoms with Crippen molar-refractivity contribution >= 4 is 23.1 Å². The fourth-order valence-corrected chi connectivity index (χ4v) is 9.88. The molecule has 57 heavy (non-hydrogen) atoms. The van der Waals surface area contributed by atoms with Crippen LogP contribution in [0.1, 0.15) is 190 Å². The summed E-state index contributed by atoms with van der Waals surface area (Å²) in [6.07, 6.45) is 15.4. The summed E-state index contributed by atoms with van der Waals surface area (Å²) in [4.78, 5) is 26.6. The Hall–Kier alpha value is -4.77. The van der Waals surface area contributed by atoms with Gasteiger partial charge in [-0.3, -0.25) is 4.98 Å². The van der Waals surface area contributed by atoms with Gasteiger partial charge in [-0.15, -0.1) is 0 Å². The van der Waals surface area contributed by atoms with Crippen molar-refractivity contribution in [2.75, 3.05) is 0 Å². The molecule has 5 nitrogen and oxygen atoms in total. The fraction of sp³-hybridized carbons (Fsp3) is 0.442. The van der Waals surface area contributed by atoms with Gasteiger partial charge in [-0.05, 0) is 160 Å². The quantitative estimate of drug-likeness (QED) is 0.204. The van der Waals surface area contributed by atoms with Crippen molar-refractivity contribution in [2.24, 2.45) is 0 Å². The van der Waals surface area contributed by atoms with Gasteiger partial charge in [0.05, 0.1) is 11.1 Å². The van der Waals surface area contributed by atoms with Gasteiger partial charge < -0.3 is 10.2 Å². The van der Waals surface area contributed by atoms with Crippen LogP contribution >= 0.6 is 0 Å². The lowest BCUT2D eigenvalue weighted by molar-refractivity contribution is 0.0685. The molecule has 8 rings (SSSR count). The molecule has 3 aromatic carbocycles. The number of rotatable bonds is 6.